The smallest absolute Gasteiger partial charge is 0.202 e. The molecule has 2 atom stereocenters. The number of fused-ring (bicyclic) bond motifs is 1. The third kappa shape index (κ3) is 7.92. The average molecular weight is 517 g/mol. The van der Waals surface area contributed by atoms with Gasteiger partial charge in [0.15, 0.2) is 29.5 Å². The number of carbonyl (C=O) groups is 1. The van der Waals surface area contributed by atoms with Crippen molar-refractivity contribution in [2.45, 2.75) is 25.6 Å². The van der Waals surface area contributed by atoms with Gasteiger partial charge in [-0.25, -0.2) is 0 Å². The van der Waals surface area contributed by atoms with Gasteiger partial charge >= 0.3 is 0 Å². The normalized spacial score (nSPS) is 18.2. The molecule has 0 saturated carbocycles. The standard InChI is InChI=1S/C17H20O4.C9H8O5.CH4O/c1-3-4-5-6-7-14-11-21-17(12-20-14)13-8-9-15(18)16(10-13)19-2;10-4-1-5(11)8-7(2-4)14-3-6(12)9(8)13;1-2/h4-11,17-18H,3,12H2,1-2H3;1-2,6,10-12H,3H2;2H,1H3/b5-4-,7-6-;;. The maximum atomic E-state index is 11.4. The van der Waals surface area contributed by atoms with Crippen LogP contribution in [0.4, 0.5) is 0 Å². The topological polar surface area (TPSA) is 155 Å². The van der Waals surface area contributed by atoms with Gasteiger partial charge in [-0.05, 0) is 30.2 Å². The van der Waals surface area contributed by atoms with Crippen molar-refractivity contribution >= 4 is 5.78 Å². The molecule has 10 nitrogen and oxygen atoms in total. The first kappa shape index (κ1) is 29.1. The highest BCUT2D eigenvalue weighted by Gasteiger charge is 2.30. The number of hydrogen-bond donors (Lipinski definition) is 5. The Hall–Kier alpha value is -4.15. The molecule has 0 aromatic heterocycles. The van der Waals surface area contributed by atoms with Crippen molar-refractivity contribution in [3.05, 3.63) is 77.8 Å². The van der Waals surface area contributed by atoms with E-state index >= 15 is 0 Å². The van der Waals surface area contributed by atoms with E-state index in [-0.39, 0.29) is 41.3 Å². The van der Waals surface area contributed by atoms with E-state index in [1.165, 1.54) is 13.2 Å². The van der Waals surface area contributed by atoms with E-state index in [1.807, 2.05) is 18.2 Å². The minimum absolute atomic E-state index is 0.0819. The maximum absolute atomic E-state index is 11.4. The Kier molecular flexibility index (Phi) is 11.3. The molecule has 37 heavy (non-hydrogen) atoms. The minimum Gasteiger partial charge on any atom is -0.508 e. The van der Waals surface area contributed by atoms with Crippen LogP contribution in [-0.2, 0) is 9.47 Å². The Labute approximate surface area is 214 Å². The van der Waals surface area contributed by atoms with Gasteiger partial charge in [0.05, 0.1) is 7.11 Å². The number of carbonyl (C=O) groups excluding carboxylic acids is 1. The number of rotatable bonds is 5. The molecule has 2 aromatic rings. The molecule has 4 rings (SSSR count). The Balaban J connectivity index is 0.000000260. The lowest BCUT2D eigenvalue weighted by atomic mass is 10.0. The quantitative estimate of drug-likeness (QED) is 0.373. The number of hydrogen-bond acceptors (Lipinski definition) is 10. The molecule has 0 radical (unpaired) electrons. The summed E-state index contributed by atoms with van der Waals surface area (Å²) < 4.78 is 21.4. The minimum atomic E-state index is -1.25. The molecule has 2 heterocycles. The molecule has 5 N–H and O–H groups in total. The fraction of sp³-hybridized carbons (Fsp3) is 0.296. The lowest BCUT2D eigenvalue weighted by Crippen LogP contribution is -2.32. The van der Waals surface area contributed by atoms with Crippen LogP contribution >= 0.6 is 0 Å². The van der Waals surface area contributed by atoms with Gasteiger partial charge in [-0.1, -0.05) is 31.2 Å². The van der Waals surface area contributed by atoms with E-state index in [2.05, 4.69) is 13.0 Å². The molecule has 2 unspecified atom stereocenters. The summed E-state index contributed by atoms with van der Waals surface area (Å²) in [5.74, 6) is 0.156. The molecular weight excluding hydrogens is 484 g/mol. The second-order valence-corrected chi connectivity index (χ2v) is 7.61. The molecule has 0 bridgehead atoms. The molecule has 0 spiro atoms. The van der Waals surface area contributed by atoms with Crippen molar-refractivity contribution in [1.82, 2.24) is 0 Å². The summed E-state index contributed by atoms with van der Waals surface area (Å²) in [6.45, 7) is 2.34. The number of benzene rings is 2. The van der Waals surface area contributed by atoms with Crippen molar-refractivity contribution in [1.29, 1.82) is 0 Å². The van der Waals surface area contributed by atoms with E-state index in [4.69, 9.17) is 29.2 Å². The molecule has 0 amide bonds. The number of allylic oxidation sites excluding steroid dienone is 4. The number of methoxy groups -OCH3 is 1. The summed E-state index contributed by atoms with van der Waals surface area (Å²) in [4.78, 5) is 11.4. The van der Waals surface area contributed by atoms with E-state index in [0.717, 1.165) is 25.2 Å². The summed E-state index contributed by atoms with van der Waals surface area (Å²) >= 11 is 0. The first-order valence-corrected chi connectivity index (χ1v) is 11.4. The Morgan fingerprint density at radius 2 is 1.78 bits per heavy atom. The van der Waals surface area contributed by atoms with Crippen LogP contribution in [0.1, 0.15) is 35.4 Å². The number of ketones is 1. The Morgan fingerprint density at radius 3 is 2.43 bits per heavy atom. The molecule has 200 valence electrons. The van der Waals surface area contributed by atoms with E-state index in [9.17, 15) is 20.1 Å². The van der Waals surface area contributed by atoms with Gasteiger partial charge in [-0.3, -0.25) is 4.79 Å². The fourth-order valence-electron chi connectivity index (χ4n) is 3.28. The largest absolute Gasteiger partial charge is 0.508 e. The molecule has 2 aliphatic heterocycles. The van der Waals surface area contributed by atoms with Crippen molar-refractivity contribution in [3.8, 4) is 28.7 Å². The van der Waals surface area contributed by atoms with Crippen molar-refractivity contribution in [2.24, 2.45) is 0 Å². The zero-order valence-electron chi connectivity index (χ0n) is 20.8. The zero-order chi connectivity index (χ0) is 27.4. The highest BCUT2D eigenvalue weighted by atomic mass is 16.6. The van der Waals surface area contributed by atoms with Gasteiger partial charge in [0.1, 0.15) is 42.3 Å². The number of aliphatic hydroxyl groups excluding tert-OH is 2. The third-order valence-electron chi connectivity index (χ3n) is 5.08. The SMILES string of the molecule is CC/C=C\C=C/C1=COC(c2ccc(O)c(OC)c2)CO1.CO.O=C1c2c(O)cc(O)cc2OCC1O. The highest BCUT2D eigenvalue weighted by molar-refractivity contribution is 6.05. The van der Waals surface area contributed by atoms with Gasteiger partial charge in [0.25, 0.3) is 0 Å². The number of Topliss-reactive ketones (excluding diaryl/α,β-unsaturated/α-hetero) is 1. The summed E-state index contributed by atoms with van der Waals surface area (Å²) in [6.07, 6.45) is 8.96. The van der Waals surface area contributed by atoms with E-state index in [0.29, 0.717) is 18.1 Å². The summed E-state index contributed by atoms with van der Waals surface area (Å²) in [5, 5.41) is 44.2. The monoisotopic (exact) mass is 516 g/mol. The Bertz CT molecular complexity index is 1140. The molecule has 0 fully saturated rings. The van der Waals surface area contributed by atoms with E-state index in [1.54, 1.807) is 24.5 Å². The zero-order valence-corrected chi connectivity index (χ0v) is 20.8. The van der Waals surface area contributed by atoms with E-state index < -0.39 is 11.9 Å². The van der Waals surface area contributed by atoms with Crippen molar-refractivity contribution in [3.63, 3.8) is 0 Å². The lowest BCUT2D eigenvalue weighted by Gasteiger charge is -2.23. The van der Waals surface area contributed by atoms with Crippen molar-refractivity contribution in [2.75, 3.05) is 27.4 Å². The van der Waals surface area contributed by atoms with Crippen LogP contribution in [0.3, 0.4) is 0 Å². The molecule has 0 aliphatic carbocycles. The summed E-state index contributed by atoms with van der Waals surface area (Å²) in [6, 6.07) is 7.38. The third-order valence-corrected chi connectivity index (χ3v) is 5.08. The molecule has 0 saturated heterocycles. The Morgan fingerprint density at radius 1 is 1.03 bits per heavy atom. The summed E-state index contributed by atoms with van der Waals surface area (Å²) in [7, 11) is 2.52. The predicted molar refractivity (Wildman–Crippen MR) is 135 cm³/mol. The van der Waals surface area contributed by atoms with Crippen molar-refractivity contribution < 1.29 is 49.3 Å². The molecule has 2 aliphatic rings. The van der Waals surface area contributed by atoms with Gasteiger partial charge in [-0.2, -0.15) is 0 Å². The van der Waals surface area contributed by atoms with Gasteiger partial charge < -0.3 is 44.5 Å². The molecule has 2 aromatic carbocycles. The fourth-order valence-corrected chi connectivity index (χ4v) is 3.28. The van der Waals surface area contributed by atoms with Crippen LogP contribution in [0.2, 0.25) is 0 Å². The number of phenolic OH excluding ortho intramolecular Hbond substituents is 3. The van der Waals surface area contributed by atoms with Gasteiger partial charge in [0.2, 0.25) is 5.78 Å². The van der Waals surface area contributed by atoms with Crippen LogP contribution in [0, 0.1) is 0 Å². The maximum Gasteiger partial charge on any atom is 0.202 e. The molecule has 10 heteroatoms. The van der Waals surface area contributed by atoms with Crippen LogP contribution in [-0.4, -0.2) is 64.9 Å². The molecular formula is C27H32O10. The lowest BCUT2D eigenvalue weighted by molar-refractivity contribution is 0.0210. The van der Waals surface area contributed by atoms with Crippen LogP contribution in [0.5, 0.6) is 28.7 Å². The van der Waals surface area contributed by atoms with Crippen LogP contribution < -0.4 is 9.47 Å². The van der Waals surface area contributed by atoms with Gasteiger partial charge in [-0.15, -0.1) is 0 Å². The number of aliphatic hydroxyl groups is 2. The number of aromatic hydroxyl groups is 3. The van der Waals surface area contributed by atoms with Crippen LogP contribution in [0.15, 0.2) is 66.7 Å². The van der Waals surface area contributed by atoms with Gasteiger partial charge in [0, 0.05) is 19.2 Å². The van der Waals surface area contributed by atoms with Crippen LogP contribution in [0.25, 0.3) is 0 Å². The summed E-state index contributed by atoms with van der Waals surface area (Å²) in [5.41, 5.74) is 0.816. The number of phenols is 3. The second-order valence-electron chi connectivity index (χ2n) is 7.61. The average Bonchev–Trinajstić information content (AvgIpc) is 2.91. The first-order chi connectivity index (χ1) is 17.8. The first-order valence-electron chi connectivity index (χ1n) is 11.4. The second kappa shape index (κ2) is 14.4. The number of ether oxygens (including phenoxy) is 4. The highest BCUT2D eigenvalue weighted by Crippen LogP contribution is 2.36. The predicted octanol–water partition coefficient (Wildman–Crippen LogP) is 3.49.